The van der Waals surface area contributed by atoms with E-state index in [1.807, 2.05) is 19.1 Å². The lowest BCUT2D eigenvalue weighted by Gasteiger charge is -2.08. The summed E-state index contributed by atoms with van der Waals surface area (Å²) in [5, 5.41) is 0.623. The summed E-state index contributed by atoms with van der Waals surface area (Å²) in [4.78, 5) is 4.34. The Morgan fingerprint density at radius 3 is 2.82 bits per heavy atom. The van der Waals surface area contributed by atoms with Crippen LogP contribution in [0.3, 0.4) is 0 Å². The van der Waals surface area contributed by atoms with E-state index in [1.165, 1.54) is 11.1 Å². The molecule has 0 aliphatic carbocycles. The number of hydrogen-bond donors (Lipinski definition) is 1. The van der Waals surface area contributed by atoms with Crippen molar-refractivity contribution in [1.82, 2.24) is 0 Å². The molecule has 2 N–H and O–H groups in total. The van der Waals surface area contributed by atoms with Gasteiger partial charge in [0.25, 0.3) is 0 Å². The number of hydrogen-bond acceptors (Lipinski definition) is 3. The highest BCUT2D eigenvalue weighted by molar-refractivity contribution is 8.13. The summed E-state index contributed by atoms with van der Waals surface area (Å²) in [6, 6.07) is 8.43. The summed E-state index contributed by atoms with van der Waals surface area (Å²) < 4.78 is 5.01. The zero-order chi connectivity index (χ0) is 12.7. The molecule has 0 bridgehead atoms. The average molecular weight is 252 g/mol. The normalized spacial score (nSPS) is 13.7. The molecule has 17 heavy (non-hydrogen) atoms. The summed E-state index contributed by atoms with van der Waals surface area (Å²) in [5.74, 6) is 0.863. The lowest BCUT2D eigenvalue weighted by Crippen LogP contribution is -2.15. The molecular formula is C13H20N2OS. The number of amidine groups is 1. The zero-order valence-corrected chi connectivity index (χ0v) is 11.5. The minimum Gasteiger partial charge on any atom is -0.382 e. The monoisotopic (exact) mass is 252 g/mol. The van der Waals surface area contributed by atoms with Crippen molar-refractivity contribution in [1.29, 1.82) is 0 Å². The van der Waals surface area contributed by atoms with Gasteiger partial charge >= 0.3 is 0 Å². The molecule has 1 atom stereocenters. The van der Waals surface area contributed by atoms with Gasteiger partial charge in [-0.2, -0.15) is 0 Å². The Kier molecular flexibility index (Phi) is 6.08. The van der Waals surface area contributed by atoms with Crippen LogP contribution in [0.5, 0.6) is 0 Å². The van der Waals surface area contributed by atoms with E-state index in [0.717, 1.165) is 5.75 Å². The number of methoxy groups -OCH3 is 1. The van der Waals surface area contributed by atoms with Crippen LogP contribution < -0.4 is 5.73 Å². The van der Waals surface area contributed by atoms with Crippen molar-refractivity contribution in [2.75, 3.05) is 13.7 Å². The van der Waals surface area contributed by atoms with Gasteiger partial charge in [0.05, 0.1) is 12.6 Å². The van der Waals surface area contributed by atoms with Crippen molar-refractivity contribution in [2.24, 2.45) is 10.7 Å². The second kappa shape index (κ2) is 7.35. The Labute approximate surface area is 107 Å². The van der Waals surface area contributed by atoms with Gasteiger partial charge in [-0.3, -0.25) is 4.99 Å². The Morgan fingerprint density at radius 1 is 1.47 bits per heavy atom. The van der Waals surface area contributed by atoms with Gasteiger partial charge in [-0.1, -0.05) is 36.0 Å². The molecule has 0 saturated heterocycles. The van der Waals surface area contributed by atoms with Crippen LogP contribution in [-0.4, -0.2) is 24.9 Å². The first-order valence-electron chi connectivity index (χ1n) is 5.63. The fourth-order valence-corrected chi connectivity index (χ4v) is 2.34. The molecule has 0 radical (unpaired) electrons. The van der Waals surface area contributed by atoms with Crippen LogP contribution in [0.25, 0.3) is 0 Å². The van der Waals surface area contributed by atoms with E-state index in [0.29, 0.717) is 11.8 Å². The molecule has 0 unspecified atom stereocenters. The first kappa shape index (κ1) is 14.1. The fourth-order valence-electron chi connectivity index (χ4n) is 1.46. The number of nitrogens with two attached hydrogens (primary N) is 1. The van der Waals surface area contributed by atoms with Crippen molar-refractivity contribution in [3.05, 3.63) is 35.4 Å². The van der Waals surface area contributed by atoms with Crippen LogP contribution in [0, 0.1) is 6.92 Å². The fraction of sp³-hybridized carbons (Fsp3) is 0.462. The highest BCUT2D eigenvalue weighted by Crippen LogP contribution is 2.16. The van der Waals surface area contributed by atoms with E-state index in [-0.39, 0.29) is 6.04 Å². The summed E-state index contributed by atoms with van der Waals surface area (Å²) in [6.45, 7) is 4.70. The molecule has 0 amide bonds. The van der Waals surface area contributed by atoms with E-state index in [1.54, 1.807) is 18.9 Å². The van der Waals surface area contributed by atoms with Gasteiger partial charge in [0.1, 0.15) is 0 Å². The quantitative estimate of drug-likeness (QED) is 0.647. The van der Waals surface area contributed by atoms with Crippen molar-refractivity contribution in [3.8, 4) is 0 Å². The maximum absolute atomic E-state index is 5.86. The number of aliphatic imine (C=N–C) groups is 1. The molecule has 1 aromatic carbocycles. The Balaban J connectivity index is 2.48. The number of nitrogens with zero attached hydrogens (tertiary/aromatic N) is 1. The lowest BCUT2D eigenvalue weighted by molar-refractivity contribution is 0.186. The molecule has 0 saturated carbocycles. The second-order valence-electron chi connectivity index (χ2n) is 3.99. The third-order valence-corrected chi connectivity index (χ3v) is 3.25. The summed E-state index contributed by atoms with van der Waals surface area (Å²) >= 11 is 1.57. The number of ether oxygens (including phenoxy) is 1. The first-order chi connectivity index (χ1) is 8.13. The summed E-state index contributed by atoms with van der Waals surface area (Å²) in [5.41, 5.74) is 8.45. The van der Waals surface area contributed by atoms with Crippen molar-refractivity contribution < 1.29 is 4.74 Å². The molecule has 0 aromatic heterocycles. The maximum Gasteiger partial charge on any atom is 0.154 e. The molecule has 0 spiro atoms. The Hall–Kier alpha value is -1.00. The average Bonchev–Trinajstić information content (AvgIpc) is 2.28. The number of thioether (sulfide) groups is 1. The van der Waals surface area contributed by atoms with E-state index in [9.17, 15) is 0 Å². The predicted octanol–water partition coefficient (Wildman–Crippen LogP) is 2.58. The molecule has 0 aliphatic rings. The topological polar surface area (TPSA) is 47.6 Å². The van der Waals surface area contributed by atoms with Gasteiger partial charge in [-0.15, -0.1) is 0 Å². The Morgan fingerprint density at radius 2 is 2.18 bits per heavy atom. The largest absolute Gasteiger partial charge is 0.382 e. The second-order valence-corrected chi connectivity index (χ2v) is 4.98. The molecule has 94 valence electrons. The molecule has 0 aliphatic heterocycles. The number of benzene rings is 1. The van der Waals surface area contributed by atoms with Crippen LogP contribution in [0.15, 0.2) is 29.3 Å². The zero-order valence-electron chi connectivity index (χ0n) is 10.6. The molecule has 1 rings (SSSR count). The summed E-state index contributed by atoms with van der Waals surface area (Å²) in [6.07, 6.45) is 0. The van der Waals surface area contributed by atoms with Gasteiger partial charge in [-0.25, -0.2) is 0 Å². The van der Waals surface area contributed by atoms with Crippen molar-refractivity contribution in [2.45, 2.75) is 25.6 Å². The standard InChI is InChI=1S/C13H20N2OS/c1-10-6-4-5-7-12(10)9-17-13(14)15-11(2)8-16-3/h4-7,11H,8-9H2,1-3H3,(H2,14,15)/t11-/m1/s1. The minimum absolute atomic E-state index is 0.115. The Bertz CT molecular complexity index is 379. The maximum atomic E-state index is 5.86. The minimum atomic E-state index is 0.115. The van der Waals surface area contributed by atoms with Crippen molar-refractivity contribution >= 4 is 16.9 Å². The van der Waals surface area contributed by atoms with Crippen LogP contribution in [0.2, 0.25) is 0 Å². The molecule has 0 fully saturated rings. The molecule has 0 heterocycles. The third-order valence-electron chi connectivity index (χ3n) is 2.39. The number of aryl methyl sites for hydroxylation is 1. The van der Waals surface area contributed by atoms with Crippen molar-refractivity contribution in [3.63, 3.8) is 0 Å². The van der Waals surface area contributed by atoms with E-state index < -0.39 is 0 Å². The van der Waals surface area contributed by atoms with E-state index in [2.05, 4.69) is 24.0 Å². The third kappa shape index (κ3) is 5.24. The molecule has 1 aromatic rings. The lowest BCUT2D eigenvalue weighted by atomic mass is 10.1. The predicted molar refractivity (Wildman–Crippen MR) is 75.4 cm³/mol. The van der Waals surface area contributed by atoms with Crippen LogP contribution in [0.1, 0.15) is 18.1 Å². The van der Waals surface area contributed by atoms with E-state index >= 15 is 0 Å². The first-order valence-corrected chi connectivity index (χ1v) is 6.61. The summed E-state index contributed by atoms with van der Waals surface area (Å²) in [7, 11) is 1.67. The van der Waals surface area contributed by atoms with Gasteiger partial charge < -0.3 is 10.5 Å². The van der Waals surface area contributed by atoms with Crippen LogP contribution in [-0.2, 0) is 10.5 Å². The van der Waals surface area contributed by atoms with Crippen LogP contribution in [0.4, 0.5) is 0 Å². The SMILES string of the molecule is COC[C@@H](C)N=C(N)SCc1ccccc1C. The van der Waals surface area contributed by atoms with Gasteiger partial charge in [0.15, 0.2) is 5.17 Å². The van der Waals surface area contributed by atoms with E-state index in [4.69, 9.17) is 10.5 Å². The van der Waals surface area contributed by atoms with Crippen LogP contribution >= 0.6 is 11.8 Å². The molecule has 3 nitrogen and oxygen atoms in total. The molecular weight excluding hydrogens is 232 g/mol. The van der Waals surface area contributed by atoms with Gasteiger partial charge in [0, 0.05) is 12.9 Å². The smallest absolute Gasteiger partial charge is 0.154 e. The van der Waals surface area contributed by atoms with Gasteiger partial charge in [-0.05, 0) is 25.0 Å². The highest BCUT2D eigenvalue weighted by Gasteiger charge is 2.02. The van der Waals surface area contributed by atoms with Gasteiger partial charge in [0.2, 0.25) is 0 Å². The molecule has 4 heteroatoms. The number of rotatable bonds is 5. The highest BCUT2D eigenvalue weighted by atomic mass is 32.2.